The van der Waals surface area contributed by atoms with E-state index in [2.05, 4.69) is 11.6 Å². The number of hydrogen-bond donors (Lipinski definition) is 4. The zero-order valence-corrected chi connectivity index (χ0v) is 11.5. The normalized spacial score (nSPS) is 10.7. The first-order valence-electron chi connectivity index (χ1n) is 6.50. The Kier molecular flexibility index (Phi) is 3.10. The number of aromatic hydroxyl groups is 4. The zero-order chi connectivity index (χ0) is 15.9. The van der Waals surface area contributed by atoms with E-state index in [1.54, 1.807) is 24.3 Å². The Morgan fingerprint density at radius 1 is 0.864 bits per heavy atom. The quantitative estimate of drug-likeness (QED) is 0.545. The molecule has 3 rings (SSSR count). The fourth-order valence-corrected chi connectivity index (χ4v) is 2.23. The van der Waals surface area contributed by atoms with Crippen LogP contribution in [0.4, 0.5) is 0 Å². The summed E-state index contributed by atoms with van der Waals surface area (Å²) >= 11 is 0. The number of aromatic nitrogens is 1. The van der Waals surface area contributed by atoms with Gasteiger partial charge in [0.2, 0.25) is 0 Å². The highest BCUT2D eigenvalue weighted by atomic mass is 16.3. The molecule has 0 atom stereocenters. The molecule has 0 unspecified atom stereocenters. The number of benzene rings is 2. The van der Waals surface area contributed by atoms with Gasteiger partial charge in [0.1, 0.15) is 11.3 Å². The smallest absolute Gasteiger partial charge is 0.200 e. The summed E-state index contributed by atoms with van der Waals surface area (Å²) in [7, 11) is 0. The molecule has 3 aromatic rings. The third kappa shape index (κ3) is 2.18. The van der Waals surface area contributed by atoms with Gasteiger partial charge in [0.15, 0.2) is 17.2 Å². The highest BCUT2D eigenvalue weighted by molar-refractivity contribution is 5.88. The van der Waals surface area contributed by atoms with E-state index in [4.69, 9.17) is 0 Å². The summed E-state index contributed by atoms with van der Waals surface area (Å²) < 4.78 is 0. The summed E-state index contributed by atoms with van der Waals surface area (Å²) in [6, 6.07) is 11.2. The van der Waals surface area contributed by atoms with Gasteiger partial charge in [0.05, 0.1) is 5.69 Å². The monoisotopic (exact) mass is 295 g/mol. The van der Waals surface area contributed by atoms with Crippen molar-refractivity contribution in [1.29, 1.82) is 0 Å². The molecule has 22 heavy (non-hydrogen) atoms. The van der Waals surface area contributed by atoms with Crippen LogP contribution in [-0.4, -0.2) is 25.4 Å². The minimum atomic E-state index is -0.583. The van der Waals surface area contributed by atoms with Crippen LogP contribution in [-0.2, 0) is 0 Å². The van der Waals surface area contributed by atoms with Gasteiger partial charge in [-0.2, -0.15) is 0 Å². The second kappa shape index (κ2) is 4.96. The Morgan fingerprint density at radius 3 is 2.23 bits per heavy atom. The van der Waals surface area contributed by atoms with E-state index in [9.17, 15) is 20.4 Å². The Hall–Kier alpha value is -3.21. The van der Waals surface area contributed by atoms with Crippen LogP contribution in [0, 0.1) is 0 Å². The molecule has 0 bridgehead atoms. The molecule has 2 aromatic carbocycles. The van der Waals surface area contributed by atoms with E-state index in [0.717, 1.165) is 5.39 Å². The van der Waals surface area contributed by atoms with Crippen molar-refractivity contribution in [2.45, 2.75) is 0 Å². The molecule has 1 heterocycles. The first-order valence-corrected chi connectivity index (χ1v) is 6.50. The number of para-hydroxylation sites is 1. The van der Waals surface area contributed by atoms with Crippen molar-refractivity contribution in [3.05, 3.63) is 60.3 Å². The lowest BCUT2D eigenvalue weighted by atomic mass is 10.0. The second-order valence-electron chi connectivity index (χ2n) is 4.89. The molecule has 0 aliphatic heterocycles. The van der Waals surface area contributed by atoms with E-state index in [-0.39, 0.29) is 5.75 Å². The molecule has 0 radical (unpaired) electrons. The zero-order valence-electron chi connectivity index (χ0n) is 11.5. The minimum absolute atomic E-state index is 0.0588. The summed E-state index contributed by atoms with van der Waals surface area (Å²) in [6.45, 7) is 3.90. The molecular formula is C17H13NO4. The average molecular weight is 295 g/mol. The van der Waals surface area contributed by atoms with Crippen molar-refractivity contribution < 1.29 is 20.4 Å². The molecule has 5 nitrogen and oxygen atoms in total. The second-order valence-corrected chi connectivity index (χ2v) is 4.89. The fourth-order valence-electron chi connectivity index (χ4n) is 2.23. The number of fused-ring (bicyclic) bond motifs is 1. The van der Waals surface area contributed by atoms with E-state index in [1.165, 1.54) is 12.1 Å². The lowest BCUT2D eigenvalue weighted by molar-refractivity contribution is 0.367. The van der Waals surface area contributed by atoms with Gasteiger partial charge in [-0.1, -0.05) is 24.8 Å². The van der Waals surface area contributed by atoms with Crippen molar-refractivity contribution in [1.82, 2.24) is 4.98 Å². The predicted octanol–water partition coefficient (Wildman–Crippen LogP) is 3.12. The number of phenols is 4. The summed E-state index contributed by atoms with van der Waals surface area (Å²) in [5.41, 5.74) is 1.78. The van der Waals surface area contributed by atoms with Crippen molar-refractivity contribution in [3.63, 3.8) is 0 Å². The molecule has 1 aromatic heterocycles. The first kappa shape index (κ1) is 13.8. The van der Waals surface area contributed by atoms with Crippen LogP contribution in [0.2, 0.25) is 0 Å². The number of pyridine rings is 1. The van der Waals surface area contributed by atoms with Gasteiger partial charge in [0.25, 0.3) is 0 Å². The summed E-state index contributed by atoms with van der Waals surface area (Å²) in [5, 5.41) is 39.2. The van der Waals surface area contributed by atoms with E-state index in [0.29, 0.717) is 22.3 Å². The Bertz CT molecular complexity index is 879. The Morgan fingerprint density at radius 2 is 1.55 bits per heavy atom. The highest BCUT2D eigenvalue weighted by Crippen LogP contribution is 2.38. The van der Waals surface area contributed by atoms with Gasteiger partial charge >= 0.3 is 0 Å². The third-order valence-electron chi connectivity index (χ3n) is 3.43. The minimum Gasteiger partial charge on any atom is -0.506 e. The maximum absolute atomic E-state index is 9.87. The number of nitrogens with zero attached hydrogens (tertiary/aromatic N) is 1. The van der Waals surface area contributed by atoms with Gasteiger partial charge in [-0.25, -0.2) is 4.98 Å². The van der Waals surface area contributed by atoms with Crippen LogP contribution < -0.4 is 0 Å². The fraction of sp³-hybridized carbons (Fsp3) is 0. The van der Waals surface area contributed by atoms with Crippen LogP contribution in [0.5, 0.6) is 23.0 Å². The third-order valence-corrected chi connectivity index (χ3v) is 3.43. The first-order chi connectivity index (χ1) is 10.5. The van der Waals surface area contributed by atoms with Crippen molar-refractivity contribution in [3.8, 4) is 23.0 Å². The Labute approximate surface area is 126 Å². The van der Waals surface area contributed by atoms with Gasteiger partial charge < -0.3 is 20.4 Å². The van der Waals surface area contributed by atoms with Gasteiger partial charge in [0, 0.05) is 11.0 Å². The molecular weight excluding hydrogens is 282 g/mol. The van der Waals surface area contributed by atoms with E-state index < -0.39 is 17.2 Å². The van der Waals surface area contributed by atoms with E-state index in [1.807, 2.05) is 6.07 Å². The number of phenolic OH excluding ortho intramolecular Hbond substituents is 4. The Balaban J connectivity index is 2.11. The average Bonchev–Trinajstić information content (AvgIpc) is 2.51. The van der Waals surface area contributed by atoms with Crippen LogP contribution >= 0.6 is 0 Å². The van der Waals surface area contributed by atoms with Crippen LogP contribution in [0.3, 0.4) is 0 Å². The maximum atomic E-state index is 9.87. The molecule has 0 aliphatic rings. The van der Waals surface area contributed by atoms with Crippen molar-refractivity contribution >= 4 is 16.5 Å². The van der Waals surface area contributed by atoms with Crippen molar-refractivity contribution in [2.24, 2.45) is 0 Å². The van der Waals surface area contributed by atoms with Crippen LogP contribution in [0.25, 0.3) is 16.5 Å². The molecule has 110 valence electrons. The summed E-state index contributed by atoms with van der Waals surface area (Å²) in [6.07, 6.45) is 0. The standard InChI is InChI=1S/C17H13NO4/c1-9(11-7-14(20)17(22)15(21)8-11)12-6-5-10-3-2-4-13(19)16(10)18-12/h2-8,19-22H,1H2. The van der Waals surface area contributed by atoms with Gasteiger partial charge in [-0.3, -0.25) is 0 Å². The molecule has 0 amide bonds. The number of hydrogen-bond acceptors (Lipinski definition) is 5. The molecule has 0 fully saturated rings. The van der Waals surface area contributed by atoms with Gasteiger partial charge in [-0.05, 0) is 29.8 Å². The lowest BCUT2D eigenvalue weighted by Crippen LogP contribution is -1.92. The molecule has 5 heteroatoms. The van der Waals surface area contributed by atoms with Crippen molar-refractivity contribution in [2.75, 3.05) is 0 Å². The van der Waals surface area contributed by atoms with Gasteiger partial charge in [-0.15, -0.1) is 0 Å². The molecule has 0 aliphatic carbocycles. The molecule has 0 saturated heterocycles. The van der Waals surface area contributed by atoms with E-state index >= 15 is 0 Å². The largest absolute Gasteiger partial charge is 0.506 e. The summed E-state index contributed by atoms with van der Waals surface area (Å²) in [4.78, 5) is 4.36. The predicted molar refractivity (Wildman–Crippen MR) is 83.0 cm³/mol. The maximum Gasteiger partial charge on any atom is 0.200 e. The number of rotatable bonds is 2. The molecule has 0 spiro atoms. The summed E-state index contributed by atoms with van der Waals surface area (Å²) in [5.74, 6) is -1.41. The SMILES string of the molecule is C=C(c1cc(O)c(O)c(O)c1)c1ccc2cccc(O)c2n1. The van der Waals surface area contributed by atoms with Crippen LogP contribution in [0.15, 0.2) is 49.0 Å². The topological polar surface area (TPSA) is 93.8 Å². The molecule has 0 saturated carbocycles. The lowest BCUT2D eigenvalue weighted by Gasteiger charge is -2.10. The highest BCUT2D eigenvalue weighted by Gasteiger charge is 2.13. The van der Waals surface area contributed by atoms with Crippen LogP contribution in [0.1, 0.15) is 11.3 Å². The molecule has 4 N–H and O–H groups in total.